The van der Waals surface area contributed by atoms with E-state index in [2.05, 4.69) is 0 Å². The van der Waals surface area contributed by atoms with Crippen molar-refractivity contribution in [2.24, 2.45) is 0 Å². The third kappa shape index (κ3) is 3.84. The van der Waals surface area contributed by atoms with Crippen LogP contribution in [0.2, 0.25) is 0 Å². The summed E-state index contributed by atoms with van der Waals surface area (Å²) in [6, 6.07) is 6.07. The van der Waals surface area contributed by atoms with Crippen molar-refractivity contribution in [2.45, 2.75) is 31.2 Å². The van der Waals surface area contributed by atoms with Crippen LogP contribution in [0, 0.1) is 0 Å². The lowest BCUT2D eigenvalue weighted by Crippen LogP contribution is -2.38. The molecule has 0 aliphatic rings. The molecule has 0 aromatic heterocycles. The minimum atomic E-state index is -3.51. The molecule has 0 radical (unpaired) electrons. The second-order valence-corrected chi connectivity index (χ2v) is 7.53. The van der Waals surface area contributed by atoms with Gasteiger partial charge in [-0.15, -0.1) is 0 Å². The Labute approximate surface area is 125 Å². The first-order chi connectivity index (χ1) is 9.34. The Morgan fingerprint density at radius 1 is 1.30 bits per heavy atom. The molecule has 0 bridgehead atoms. The Bertz CT molecular complexity index is 552. The third-order valence-corrected chi connectivity index (χ3v) is 5.92. The quantitative estimate of drug-likeness (QED) is 0.726. The number of nitrogens with zero attached hydrogens (tertiary/aromatic N) is 1. The highest BCUT2D eigenvalue weighted by molar-refractivity contribution is 7.98. The lowest BCUT2D eigenvalue weighted by Gasteiger charge is -2.26. The Balaban J connectivity index is 3.06. The van der Waals surface area contributed by atoms with E-state index in [0.29, 0.717) is 5.56 Å². The second kappa shape index (κ2) is 7.24. The van der Waals surface area contributed by atoms with Gasteiger partial charge in [0.2, 0.25) is 10.0 Å². The summed E-state index contributed by atoms with van der Waals surface area (Å²) in [6.45, 7) is 3.44. The highest BCUT2D eigenvalue weighted by Gasteiger charge is 2.26. The molecule has 0 amide bonds. The number of ketones is 1. The van der Waals surface area contributed by atoms with Crippen LogP contribution in [0.5, 0.6) is 0 Å². The molecular formula is C14H21NO3S2. The molecular weight excluding hydrogens is 294 g/mol. The van der Waals surface area contributed by atoms with Crippen LogP contribution in [-0.2, 0) is 10.0 Å². The monoisotopic (exact) mass is 315 g/mol. The zero-order valence-corrected chi connectivity index (χ0v) is 13.9. The van der Waals surface area contributed by atoms with Crippen LogP contribution in [0.1, 0.15) is 30.6 Å². The standard InChI is InChI=1S/C14H21NO3S2/c1-5-13(10-19-4)15(3)20(17,18)14-8-6-12(7-9-14)11(2)16/h6-9,13H,5,10H2,1-4H3. The number of rotatable bonds is 7. The van der Waals surface area contributed by atoms with Gasteiger partial charge in [-0.25, -0.2) is 8.42 Å². The van der Waals surface area contributed by atoms with Crippen molar-refractivity contribution in [3.63, 3.8) is 0 Å². The van der Waals surface area contributed by atoms with Gasteiger partial charge in [0, 0.05) is 24.4 Å². The predicted molar refractivity (Wildman–Crippen MR) is 83.9 cm³/mol. The average molecular weight is 315 g/mol. The minimum absolute atomic E-state index is 0.0255. The first-order valence-corrected chi connectivity index (χ1v) is 9.26. The van der Waals surface area contributed by atoms with Crippen molar-refractivity contribution in [3.8, 4) is 0 Å². The topological polar surface area (TPSA) is 54.5 Å². The number of benzene rings is 1. The van der Waals surface area contributed by atoms with Crippen LogP contribution < -0.4 is 0 Å². The molecule has 20 heavy (non-hydrogen) atoms. The maximum Gasteiger partial charge on any atom is 0.243 e. The molecule has 1 aromatic carbocycles. The van der Waals surface area contributed by atoms with Crippen LogP contribution in [0.15, 0.2) is 29.2 Å². The summed E-state index contributed by atoms with van der Waals surface area (Å²) in [7, 11) is -1.90. The Hall–Kier alpha value is -0.850. The molecule has 0 spiro atoms. The van der Waals surface area contributed by atoms with Crippen molar-refractivity contribution in [1.82, 2.24) is 4.31 Å². The van der Waals surface area contributed by atoms with Gasteiger partial charge in [0.25, 0.3) is 0 Å². The van der Waals surface area contributed by atoms with Crippen LogP contribution >= 0.6 is 11.8 Å². The molecule has 0 saturated carbocycles. The molecule has 0 fully saturated rings. The summed E-state index contributed by atoms with van der Waals surface area (Å²) < 4.78 is 26.5. The summed E-state index contributed by atoms with van der Waals surface area (Å²) in [6.07, 6.45) is 2.73. The molecule has 0 aliphatic heterocycles. The molecule has 0 aliphatic carbocycles. The maximum atomic E-state index is 12.5. The molecule has 0 N–H and O–H groups in total. The average Bonchev–Trinajstić information content (AvgIpc) is 2.44. The van der Waals surface area contributed by atoms with Crippen molar-refractivity contribution in [3.05, 3.63) is 29.8 Å². The Kier molecular flexibility index (Phi) is 6.23. The minimum Gasteiger partial charge on any atom is -0.295 e. The number of carbonyl (C=O) groups is 1. The first-order valence-electron chi connectivity index (χ1n) is 6.42. The van der Waals surface area contributed by atoms with E-state index in [4.69, 9.17) is 0 Å². The molecule has 4 nitrogen and oxygen atoms in total. The Morgan fingerprint density at radius 2 is 1.85 bits per heavy atom. The highest BCUT2D eigenvalue weighted by atomic mass is 32.2. The molecule has 1 atom stereocenters. The van der Waals surface area contributed by atoms with Crippen LogP contribution in [0.25, 0.3) is 0 Å². The molecule has 0 heterocycles. The third-order valence-electron chi connectivity index (χ3n) is 3.28. The van der Waals surface area contributed by atoms with E-state index in [1.807, 2.05) is 13.2 Å². The molecule has 6 heteroatoms. The summed E-state index contributed by atoms with van der Waals surface area (Å²) in [5, 5.41) is 0. The molecule has 112 valence electrons. The number of Topliss-reactive ketones (excluding diaryl/α,β-unsaturated/α-hetero) is 1. The number of thioether (sulfide) groups is 1. The van der Waals surface area contributed by atoms with Crippen molar-refractivity contribution < 1.29 is 13.2 Å². The summed E-state index contributed by atoms with van der Waals surface area (Å²) >= 11 is 1.63. The van der Waals surface area contributed by atoms with Gasteiger partial charge in [-0.3, -0.25) is 4.79 Å². The fourth-order valence-corrected chi connectivity index (χ4v) is 4.26. The fraction of sp³-hybridized carbons (Fsp3) is 0.500. The van der Waals surface area contributed by atoms with Gasteiger partial charge in [0.1, 0.15) is 0 Å². The van der Waals surface area contributed by atoms with E-state index in [-0.39, 0.29) is 16.7 Å². The fourth-order valence-electron chi connectivity index (χ4n) is 1.90. The predicted octanol–water partition coefficient (Wildman–Crippen LogP) is 2.65. The number of hydrogen-bond acceptors (Lipinski definition) is 4. The molecule has 1 rings (SSSR count). The number of hydrogen-bond donors (Lipinski definition) is 0. The SMILES string of the molecule is CCC(CSC)N(C)S(=O)(=O)c1ccc(C(C)=O)cc1. The zero-order chi connectivity index (χ0) is 15.3. The smallest absolute Gasteiger partial charge is 0.243 e. The van der Waals surface area contributed by atoms with Gasteiger partial charge in [-0.2, -0.15) is 16.1 Å². The van der Waals surface area contributed by atoms with E-state index in [9.17, 15) is 13.2 Å². The highest BCUT2D eigenvalue weighted by Crippen LogP contribution is 2.20. The van der Waals surface area contributed by atoms with E-state index in [1.54, 1.807) is 30.9 Å². The van der Waals surface area contributed by atoms with Gasteiger partial charge in [-0.1, -0.05) is 19.1 Å². The van der Waals surface area contributed by atoms with E-state index in [0.717, 1.165) is 12.2 Å². The molecule has 0 saturated heterocycles. The van der Waals surface area contributed by atoms with Gasteiger partial charge < -0.3 is 0 Å². The van der Waals surface area contributed by atoms with Crippen molar-refractivity contribution >= 4 is 27.6 Å². The zero-order valence-electron chi connectivity index (χ0n) is 12.3. The largest absolute Gasteiger partial charge is 0.295 e. The summed E-state index contributed by atoms with van der Waals surface area (Å²) in [5.74, 6) is 0.689. The normalized spacial score (nSPS) is 13.4. The lowest BCUT2D eigenvalue weighted by molar-refractivity contribution is 0.101. The molecule has 1 aromatic rings. The van der Waals surface area contributed by atoms with Crippen molar-refractivity contribution in [2.75, 3.05) is 19.1 Å². The maximum absolute atomic E-state index is 12.5. The molecule has 1 unspecified atom stereocenters. The van der Waals surface area contributed by atoms with Gasteiger partial charge in [0.15, 0.2) is 5.78 Å². The summed E-state index contributed by atoms with van der Waals surface area (Å²) in [4.78, 5) is 11.4. The van der Waals surface area contributed by atoms with E-state index in [1.165, 1.54) is 23.4 Å². The van der Waals surface area contributed by atoms with Gasteiger partial charge in [-0.05, 0) is 31.7 Å². The number of carbonyl (C=O) groups excluding carboxylic acids is 1. The van der Waals surface area contributed by atoms with Crippen LogP contribution in [-0.4, -0.2) is 43.6 Å². The number of sulfonamides is 1. The Morgan fingerprint density at radius 3 is 2.25 bits per heavy atom. The van der Waals surface area contributed by atoms with Gasteiger partial charge >= 0.3 is 0 Å². The van der Waals surface area contributed by atoms with E-state index < -0.39 is 10.0 Å². The second-order valence-electron chi connectivity index (χ2n) is 4.62. The lowest BCUT2D eigenvalue weighted by atomic mass is 10.2. The first kappa shape index (κ1) is 17.2. The van der Waals surface area contributed by atoms with Crippen LogP contribution in [0.4, 0.5) is 0 Å². The summed E-state index contributed by atoms with van der Waals surface area (Å²) in [5.41, 5.74) is 0.516. The van der Waals surface area contributed by atoms with Crippen LogP contribution in [0.3, 0.4) is 0 Å². The van der Waals surface area contributed by atoms with E-state index >= 15 is 0 Å². The van der Waals surface area contributed by atoms with Gasteiger partial charge in [0.05, 0.1) is 4.90 Å². The van der Waals surface area contributed by atoms with Crippen molar-refractivity contribution in [1.29, 1.82) is 0 Å².